The van der Waals surface area contributed by atoms with Gasteiger partial charge in [0.25, 0.3) is 0 Å². The van der Waals surface area contributed by atoms with Crippen molar-refractivity contribution in [3.05, 3.63) is 0 Å². The average molecular weight is 462 g/mol. The second-order valence-electron chi connectivity index (χ2n) is 7.63. The van der Waals surface area contributed by atoms with Crippen molar-refractivity contribution in [1.29, 1.82) is 0 Å². The maximum Gasteiger partial charge on any atom is 0.509 e. The fraction of sp³-hybridized carbons (Fsp3) is 0.812. The van der Waals surface area contributed by atoms with Crippen LogP contribution < -0.4 is 5.32 Å². The topological polar surface area (TPSA) is 73.9 Å². The Morgan fingerprint density at radius 3 is 2.43 bits per heavy atom. The summed E-state index contributed by atoms with van der Waals surface area (Å²) in [6, 6.07) is -1.62. The van der Waals surface area contributed by atoms with Crippen molar-refractivity contribution in [1.82, 2.24) is 5.32 Å². The van der Waals surface area contributed by atoms with Crippen LogP contribution in [0, 0.1) is 0 Å². The van der Waals surface area contributed by atoms with Crippen LogP contribution in [0.2, 0.25) is 25.7 Å². The van der Waals surface area contributed by atoms with Gasteiger partial charge in [-0.25, -0.2) is 4.79 Å². The van der Waals surface area contributed by atoms with Crippen molar-refractivity contribution in [2.45, 2.75) is 75.6 Å². The van der Waals surface area contributed by atoms with E-state index >= 15 is 0 Å². The molecule has 0 bridgehead atoms. The number of rotatable bonds is 8. The van der Waals surface area contributed by atoms with E-state index in [2.05, 4.69) is 19.6 Å². The first-order chi connectivity index (χ1) is 12.7. The van der Waals surface area contributed by atoms with Crippen LogP contribution >= 0.6 is 24.0 Å². The molecule has 1 aliphatic heterocycles. The molecule has 1 N–H and O–H groups in total. The van der Waals surface area contributed by atoms with Crippen LogP contribution in [0.4, 0.5) is 18.0 Å². The van der Waals surface area contributed by atoms with E-state index in [4.69, 9.17) is 26.4 Å². The summed E-state index contributed by atoms with van der Waals surface area (Å²) in [4.78, 5) is 22.8. The third kappa shape index (κ3) is 8.56. The maximum atomic E-state index is 13.5. The highest BCUT2D eigenvalue weighted by Gasteiger charge is 2.54. The molecule has 1 heterocycles. The number of carbonyl (C=O) groups is 2. The van der Waals surface area contributed by atoms with Crippen LogP contribution in [-0.2, 0) is 19.0 Å². The zero-order chi connectivity index (χ0) is 21.7. The summed E-state index contributed by atoms with van der Waals surface area (Å²) < 4.78 is 55.7. The molecule has 1 aliphatic rings. The number of amides is 1. The number of thiocarbonyl (C=S) groups is 1. The quantitative estimate of drug-likeness (QED) is 0.331. The molecule has 0 saturated carbocycles. The number of cyclic esters (lactones) is 2. The highest BCUT2D eigenvalue weighted by Crippen LogP contribution is 2.35. The van der Waals surface area contributed by atoms with Gasteiger partial charge in [0.1, 0.15) is 6.10 Å². The molecule has 162 valence electrons. The van der Waals surface area contributed by atoms with E-state index in [9.17, 15) is 22.8 Å². The Hall–Kier alpha value is -1.01. The van der Waals surface area contributed by atoms with Gasteiger partial charge in [-0.3, -0.25) is 4.79 Å². The predicted molar refractivity (Wildman–Crippen MR) is 107 cm³/mol. The van der Waals surface area contributed by atoms with Crippen molar-refractivity contribution in [3.8, 4) is 0 Å². The summed E-state index contributed by atoms with van der Waals surface area (Å²) in [6.07, 6.45) is -8.71. The van der Waals surface area contributed by atoms with Crippen LogP contribution in [0.15, 0.2) is 0 Å². The maximum absolute atomic E-state index is 13.5. The van der Waals surface area contributed by atoms with Crippen LogP contribution in [-0.4, -0.2) is 60.8 Å². The first-order valence-electron chi connectivity index (χ1n) is 8.77. The number of carbonyl (C=O) groups excluding carboxylic acids is 2. The summed E-state index contributed by atoms with van der Waals surface area (Å²) in [5.74, 6) is -0.880. The number of hydrogen-bond acceptors (Lipinski definition) is 7. The van der Waals surface area contributed by atoms with Gasteiger partial charge in [0.2, 0.25) is 10.3 Å². The van der Waals surface area contributed by atoms with Crippen molar-refractivity contribution in [3.63, 3.8) is 0 Å². The summed E-state index contributed by atoms with van der Waals surface area (Å²) >= 11 is 6.41. The SMILES string of the molecule is CCOC(=S)SC(C[C@@H]1OC(=O)O[C@H]1C(NC(C)=O)C(F)(F)F)C[Si](C)(C)C. The number of nitrogens with one attached hydrogen (secondary N) is 1. The van der Waals surface area contributed by atoms with Crippen LogP contribution in [0.1, 0.15) is 20.3 Å². The molecule has 0 aromatic rings. The van der Waals surface area contributed by atoms with Gasteiger partial charge in [0.15, 0.2) is 12.1 Å². The summed E-state index contributed by atoms with van der Waals surface area (Å²) in [7, 11) is -1.62. The molecule has 0 aromatic heterocycles. The van der Waals surface area contributed by atoms with Gasteiger partial charge < -0.3 is 19.5 Å². The minimum absolute atomic E-state index is 0.102. The summed E-state index contributed by atoms with van der Waals surface area (Å²) in [6.45, 7) is 9.49. The van der Waals surface area contributed by atoms with Gasteiger partial charge in [-0.05, 0) is 25.2 Å². The molecule has 6 nitrogen and oxygen atoms in total. The van der Waals surface area contributed by atoms with Gasteiger partial charge in [-0.15, -0.1) is 0 Å². The van der Waals surface area contributed by atoms with Crippen LogP contribution in [0.3, 0.4) is 0 Å². The molecule has 1 fully saturated rings. The van der Waals surface area contributed by atoms with Crippen LogP contribution in [0.25, 0.3) is 0 Å². The molecule has 1 amide bonds. The third-order valence-corrected chi connectivity index (χ3v) is 7.17. The van der Waals surface area contributed by atoms with Crippen molar-refractivity contribution < 1.29 is 37.0 Å². The fourth-order valence-electron chi connectivity index (χ4n) is 2.84. The lowest BCUT2D eigenvalue weighted by Crippen LogP contribution is -2.55. The molecule has 2 unspecified atom stereocenters. The van der Waals surface area contributed by atoms with E-state index in [1.54, 1.807) is 6.92 Å². The van der Waals surface area contributed by atoms with E-state index in [1.807, 2.05) is 5.32 Å². The molecule has 4 atom stereocenters. The van der Waals surface area contributed by atoms with Crippen molar-refractivity contribution in [2.75, 3.05) is 6.61 Å². The molecular formula is C16H26F3NO5S2Si. The Balaban J connectivity index is 3.04. The Kier molecular flexibility index (Phi) is 9.07. The van der Waals surface area contributed by atoms with Gasteiger partial charge in [0, 0.05) is 26.7 Å². The molecular weight excluding hydrogens is 435 g/mol. The normalized spacial score (nSPS) is 22.1. The Morgan fingerprint density at radius 2 is 1.96 bits per heavy atom. The number of ether oxygens (including phenoxy) is 3. The highest BCUT2D eigenvalue weighted by molar-refractivity contribution is 8.23. The smallest absolute Gasteiger partial charge is 0.479 e. The van der Waals surface area contributed by atoms with E-state index < -0.39 is 44.6 Å². The van der Waals surface area contributed by atoms with E-state index in [1.165, 1.54) is 11.8 Å². The van der Waals surface area contributed by atoms with Crippen LogP contribution in [0.5, 0.6) is 0 Å². The summed E-state index contributed by atoms with van der Waals surface area (Å²) in [5, 5.41) is 1.62. The number of thioether (sulfide) groups is 1. The largest absolute Gasteiger partial charge is 0.509 e. The predicted octanol–water partition coefficient (Wildman–Crippen LogP) is 4.11. The molecule has 0 aliphatic carbocycles. The molecule has 0 aromatic carbocycles. The monoisotopic (exact) mass is 461 g/mol. The number of alkyl halides is 3. The second kappa shape index (κ2) is 10.1. The molecule has 1 rings (SSSR count). The highest BCUT2D eigenvalue weighted by atomic mass is 32.2. The van der Waals surface area contributed by atoms with Gasteiger partial charge in [0.05, 0.1) is 6.61 Å². The average Bonchev–Trinajstić information content (AvgIpc) is 2.81. The Bertz CT molecular complexity index is 586. The standard InChI is InChI=1S/C16H26F3NO5S2Si/c1-6-23-15(26)27-10(8-28(3,4)5)7-11-12(25-14(22)24-11)13(16(17,18)19)20-9(2)21/h10-13H,6-8H2,1-5H3,(H,20,21)/t10?,11-,12+,13?/m0/s1. The van der Waals surface area contributed by atoms with Crippen molar-refractivity contribution in [2.24, 2.45) is 0 Å². The summed E-state index contributed by atoms with van der Waals surface area (Å²) in [5.41, 5.74) is 0. The first kappa shape index (κ1) is 25.0. The van der Waals surface area contributed by atoms with Gasteiger partial charge in [-0.2, -0.15) is 13.2 Å². The molecule has 0 spiro atoms. The Labute approximate surface area is 173 Å². The number of halogens is 3. The zero-order valence-electron chi connectivity index (χ0n) is 16.4. The zero-order valence-corrected chi connectivity index (χ0v) is 19.1. The molecule has 12 heteroatoms. The molecule has 28 heavy (non-hydrogen) atoms. The van der Waals surface area contributed by atoms with Crippen molar-refractivity contribution >= 4 is 48.5 Å². The molecule has 1 saturated heterocycles. The van der Waals surface area contributed by atoms with E-state index in [-0.39, 0.29) is 11.7 Å². The molecule has 0 radical (unpaired) electrons. The third-order valence-electron chi connectivity index (χ3n) is 3.75. The lowest BCUT2D eigenvalue weighted by molar-refractivity contribution is -0.181. The lowest BCUT2D eigenvalue weighted by atomic mass is 10.0. The van der Waals surface area contributed by atoms with E-state index in [0.29, 0.717) is 11.0 Å². The van der Waals surface area contributed by atoms with E-state index in [0.717, 1.165) is 13.0 Å². The Morgan fingerprint density at radius 1 is 1.36 bits per heavy atom. The fourth-order valence-corrected chi connectivity index (χ4v) is 7.48. The lowest BCUT2D eigenvalue weighted by Gasteiger charge is -2.30. The van der Waals surface area contributed by atoms with Gasteiger partial charge >= 0.3 is 12.3 Å². The first-order valence-corrected chi connectivity index (χ1v) is 13.8. The number of hydrogen-bond donors (Lipinski definition) is 1. The minimum Gasteiger partial charge on any atom is -0.479 e. The van der Waals surface area contributed by atoms with Gasteiger partial charge in [-0.1, -0.05) is 31.4 Å². The second-order valence-corrected chi connectivity index (χ2v) is 15.1. The minimum atomic E-state index is -4.80.